The van der Waals surface area contributed by atoms with Crippen LogP contribution >= 0.6 is 11.6 Å². The highest BCUT2D eigenvalue weighted by Gasteiger charge is 2.33. The molecule has 1 N–H and O–H groups in total. The first kappa shape index (κ1) is 21.5. The van der Waals surface area contributed by atoms with Crippen molar-refractivity contribution in [2.75, 3.05) is 25.5 Å². The van der Waals surface area contributed by atoms with E-state index in [1.54, 1.807) is 13.0 Å². The Morgan fingerprint density at radius 1 is 1.29 bits per heavy atom. The van der Waals surface area contributed by atoms with Crippen LogP contribution in [0, 0.1) is 0 Å². The summed E-state index contributed by atoms with van der Waals surface area (Å²) in [7, 11) is 1.38. The number of likely N-dealkylation sites (N-methyl/N-ethyl adjacent to an activating group) is 1. The minimum Gasteiger partial charge on any atom is -0.477 e. The SMILES string of the molecule is CCOc1ncccc1C(=O)N(C)CC(=O)Nc1ccc(Cl)c(C(F)(F)F)c1. The number of rotatable bonds is 6. The number of ether oxygens (including phenoxy) is 1. The number of nitrogens with one attached hydrogen (secondary N) is 1. The van der Waals surface area contributed by atoms with E-state index in [-0.39, 0.29) is 23.7 Å². The zero-order chi connectivity index (χ0) is 20.9. The second-order valence-electron chi connectivity index (χ2n) is 5.69. The van der Waals surface area contributed by atoms with Gasteiger partial charge in [0.15, 0.2) is 0 Å². The lowest BCUT2D eigenvalue weighted by Gasteiger charge is -2.18. The van der Waals surface area contributed by atoms with Crippen molar-refractivity contribution in [2.24, 2.45) is 0 Å². The Bertz CT molecular complexity index is 875. The number of benzene rings is 1. The topological polar surface area (TPSA) is 71.5 Å². The largest absolute Gasteiger partial charge is 0.477 e. The molecule has 0 saturated carbocycles. The van der Waals surface area contributed by atoms with Crippen LogP contribution in [0.15, 0.2) is 36.5 Å². The van der Waals surface area contributed by atoms with Gasteiger partial charge in [0.25, 0.3) is 5.91 Å². The standard InChI is InChI=1S/C18H17ClF3N3O3/c1-3-28-16-12(5-4-8-23-16)17(27)25(2)10-15(26)24-11-6-7-14(19)13(9-11)18(20,21)22/h4-9H,3,10H2,1-2H3,(H,24,26). The minimum atomic E-state index is -4.65. The zero-order valence-corrected chi connectivity index (χ0v) is 15.8. The van der Waals surface area contributed by atoms with E-state index in [1.165, 1.54) is 25.4 Å². The number of hydrogen-bond acceptors (Lipinski definition) is 4. The predicted molar refractivity (Wildman–Crippen MR) is 97.5 cm³/mol. The summed E-state index contributed by atoms with van der Waals surface area (Å²) in [5.74, 6) is -1.05. The molecule has 2 rings (SSSR count). The second-order valence-corrected chi connectivity index (χ2v) is 6.10. The number of aromatic nitrogens is 1. The van der Waals surface area contributed by atoms with E-state index >= 15 is 0 Å². The molecule has 0 atom stereocenters. The summed E-state index contributed by atoms with van der Waals surface area (Å²) in [6.45, 7) is 1.66. The lowest BCUT2D eigenvalue weighted by Crippen LogP contribution is -2.35. The first-order chi connectivity index (χ1) is 13.1. The molecular formula is C18H17ClF3N3O3. The molecule has 0 radical (unpaired) electrons. The van der Waals surface area contributed by atoms with Crippen molar-refractivity contribution in [2.45, 2.75) is 13.1 Å². The smallest absolute Gasteiger partial charge is 0.417 e. The van der Waals surface area contributed by atoms with Gasteiger partial charge in [0.2, 0.25) is 11.8 Å². The fourth-order valence-electron chi connectivity index (χ4n) is 2.32. The van der Waals surface area contributed by atoms with Gasteiger partial charge in [-0.25, -0.2) is 4.98 Å². The van der Waals surface area contributed by atoms with E-state index in [1.807, 2.05) is 0 Å². The van der Waals surface area contributed by atoms with Crippen molar-refractivity contribution in [3.8, 4) is 5.88 Å². The molecule has 0 unspecified atom stereocenters. The van der Waals surface area contributed by atoms with E-state index in [4.69, 9.17) is 16.3 Å². The Hall–Kier alpha value is -2.81. The van der Waals surface area contributed by atoms with Gasteiger partial charge < -0.3 is 15.0 Å². The van der Waals surface area contributed by atoms with Crippen molar-refractivity contribution >= 4 is 29.1 Å². The Kier molecular flexibility index (Phi) is 6.85. The molecule has 2 aromatic rings. The van der Waals surface area contributed by atoms with Crippen LogP contribution in [0.5, 0.6) is 5.88 Å². The van der Waals surface area contributed by atoms with Crippen LogP contribution in [0.3, 0.4) is 0 Å². The van der Waals surface area contributed by atoms with Crippen molar-refractivity contribution in [3.05, 3.63) is 52.7 Å². The summed E-state index contributed by atoms with van der Waals surface area (Å²) in [5.41, 5.74) is -0.974. The van der Waals surface area contributed by atoms with E-state index in [0.717, 1.165) is 17.0 Å². The van der Waals surface area contributed by atoms with Crippen molar-refractivity contribution < 1.29 is 27.5 Å². The zero-order valence-electron chi connectivity index (χ0n) is 15.0. The maximum Gasteiger partial charge on any atom is 0.417 e. The fraction of sp³-hybridized carbons (Fsp3) is 0.278. The van der Waals surface area contributed by atoms with Crippen LogP contribution in [0.1, 0.15) is 22.8 Å². The highest BCUT2D eigenvalue weighted by Crippen LogP contribution is 2.36. The number of pyridine rings is 1. The molecule has 150 valence electrons. The molecule has 0 aliphatic rings. The Morgan fingerprint density at radius 2 is 2.00 bits per heavy atom. The molecule has 2 amide bonds. The average molecular weight is 416 g/mol. The van der Waals surface area contributed by atoms with Gasteiger partial charge in [-0.05, 0) is 37.3 Å². The highest BCUT2D eigenvalue weighted by atomic mass is 35.5. The second kappa shape index (κ2) is 8.92. The first-order valence-electron chi connectivity index (χ1n) is 8.13. The third kappa shape index (κ3) is 5.35. The molecular weight excluding hydrogens is 399 g/mol. The molecule has 28 heavy (non-hydrogen) atoms. The summed E-state index contributed by atoms with van der Waals surface area (Å²) in [4.78, 5) is 29.7. The van der Waals surface area contributed by atoms with E-state index in [2.05, 4.69) is 10.3 Å². The van der Waals surface area contributed by atoms with Crippen LogP contribution in [-0.4, -0.2) is 41.9 Å². The number of carbonyl (C=O) groups excluding carboxylic acids is 2. The van der Waals surface area contributed by atoms with E-state index in [9.17, 15) is 22.8 Å². The lowest BCUT2D eigenvalue weighted by atomic mass is 10.2. The minimum absolute atomic E-state index is 0.0843. The number of amides is 2. The predicted octanol–water partition coefficient (Wildman–Crippen LogP) is 3.86. The maximum absolute atomic E-state index is 12.9. The van der Waals surface area contributed by atoms with Gasteiger partial charge in [-0.3, -0.25) is 9.59 Å². The summed E-state index contributed by atoms with van der Waals surface area (Å²) in [6.07, 6.45) is -3.19. The fourth-order valence-corrected chi connectivity index (χ4v) is 2.54. The molecule has 0 aliphatic heterocycles. The van der Waals surface area contributed by atoms with Gasteiger partial charge in [0.1, 0.15) is 5.56 Å². The Balaban J connectivity index is 2.08. The van der Waals surface area contributed by atoms with Gasteiger partial charge >= 0.3 is 6.18 Å². The highest BCUT2D eigenvalue weighted by molar-refractivity contribution is 6.31. The van der Waals surface area contributed by atoms with Crippen LogP contribution in [0.25, 0.3) is 0 Å². The quantitative estimate of drug-likeness (QED) is 0.777. The van der Waals surface area contributed by atoms with E-state index < -0.39 is 28.6 Å². The summed E-state index contributed by atoms with van der Waals surface area (Å²) < 4.78 is 44.0. The number of hydrogen-bond donors (Lipinski definition) is 1. The van der Waals surface area contributed by atoms with Crippen LogP contribution in [0.2, 0.25) is 5.02 Å². The van der Waals surface area contributed by atoms with E-state index in [0.29, 0.717) is 6.61 Å². The van der Waals surface area contributed by atoms with Crippen molar-refractivity contribution in [3.63, 3.8) is 0 Å². The monoisotopic (exact) mass is 415 g/mol. The molecule has 6 nitrogen and oxygen atoms in total. The number of alkyl halides is 3. The van der Waals surface area contributed by atoms with Gasteiger partial charge in [0, 0.05) is 18.9 Å². The molecule has 10 heteroatoms. The summed E-state index contributed by atoms with van der Waals surface area (Å²) >= 11 is 5.55. The van der Waals surface area contributed by atoms with Crippen molar-refractivity contribution in [1.29, 1.82) is 0 Å². The maximum atomic E-state index is 12.9. The third-order valence-corrected chi connectivity index (χ3v) is 3.90. The summed E-state index contributed by atoms with van der Waals surface area (Å²) in [5, 5.41) is 1.85. The first-order valence-corrected chi connectivity index (χ1v) is 8.51. The van der Waals surface area contributed by atoms with Gasteiger partial charge in [-0.1, -0.05) is 11.6 Å². The van der Waals surface area contributed by atoms with Crippen molar-refractivity contribution in [1.82, 2.24) is 9.88 Å². The van der Waals surface area contributed by atoms with Gasteiger partial charge in [-0.2, -0.15) is 13.2 Å². The molecule has 0 bridgehead atoms. The summed E-state index contributed by atoms with van der Waals surface area (Å²) in [6, 6.07) is 6.07. The van der Waals surface area contributed by atoms with Gasteiger partial charge in [0.05, 0.1) is 23.7 Å². The normalized spacial score (nSPS) is 11.1. The number of halogens is 4. The third-order valence-electron chi connectivity index (χ3n) is 3.57. The molecule has 0 spiro atoms. The number of anilines is 1. The Morgan fingerprint density at radius 3 is 2.64 bits per heavy atom. The van der Waals surface area contributed by atoms with Crippen LogP contribution in [-0.2, 0) is 11.0 Å². The average Bonchev–Trinajstić information content (AvgIpc) is 2.62. The molecule has 1 aromatic carbocycles. The Labute approximate surface area is 164 Å². The molecule has 0 saturated heterocycles. The number of carbonyl (C=O) groups is 2. The number of nitrogens with zero attached hydrogens (tertiary/aromatic N) is 2. The van der Waals surface area contributed by atoms with Crippen LogP contribution in [0.4, 0.5) is 18.9 Å². The molecule has 1 heterocycles. The molecule has 1 aromatic heterocycles. The van der Waals surface area contributed by atoms with Crippen LogP contribution < -0.4 is 10.1 Å². The lowest BCUT2D eigenvalue weighted by molar-refractivity contribution is -0.137. The molecule has 0 fully saturated rings. The van der Waals surface area contributed by atoms with Gasteiger partial charge in [-0.15, -0.1) is 0 Å². The molecule has 0 aliphatic carbocycles.